The third-order valence-corrected chi connectivity index (χ3v) is 4.87. The third kappa shape index (κ3) is 3.62. The van der Waals surface area contributed by atoms with Crippen LogP contribution in [0.25, 0.3) is 22.6 Å². The molecule has 0 fully saturated rings. The van der Waals surface area contributed by atoms with E-state index >= 15 is 0 Å². The Bertz CT molecular complexity index is 908. The summed E-state index contributed by atoms with van der Waals surface area (Å²) in [5.74, 6) is 1.11. The van der Waals surface area contributed by atoms with Gasteiger partial charge < -0.3 is 4.52 Å². The Hall–Kier alpha value is -2.50. The molecule has 0 radical (unpaired) electrons. The van der Waals surface area contributed by atoms with E-state index in [1.165, 1.54) is 5.56 Å². The predicted octanol–water partition coefficient (Wildman–Crippen LogP) is 5.41. The standard InChI is InChI=1S/C19H14ClN3OS/c1-12-2-4-13(5-3-12)16-11-25-18(21-16)10-17-22-19(23-24-17)14-6-8-15(20)9-7-14/h2-9,11H,10H2,1H3. The summed E-state index contributed by atoms with van der Waals surface area (Å²) >= 11 is 7.50. The molecule has 0 spiro atoms. The molecule has 0 aliphatic carbocycles. The highest BCUT2D eigenvalue weighted by molar-refractivity contribution is 7.10. The van der Waals surface area contributed by atoms with E-state index in [4.69, 9.17) is 16.1 Å². The summed E-state index contributed by atoms with van der Waals surface area (Å²) in [6.45, 7) is 2.07. The molecule has 2 aromatic heterocycles. The number of hydrogen-bond donors (Lipinski definition) is 0. The Balaban J connectivity index is 1.51. The number of rotatable bonds is 4. The van der Waals surface area contributed by atoms with Gasteiger partial charge in [0, 0.05) is 21.5 Å². The SMILES string of the molecule is Cc1ccc(-c2csc(Cc3nc(-c4ccc(Cl)cc4)no3)n2)cc1. The molecule has 4 rings (SSSR count). The van der Waals surface area contributed by atoms with Crippen LogP contribution in [0, 0.1) is 6.92 Å². The molecule has 0 N–H and O–H groups in total. The summed E-state index contributed by atoms with van der Waals surface area (Å²) in [5, 5.41) is 7.71. The van der Waals surface area contributed by atoms with Gasteiger partial charge in [-0.25, -0.2) is 4.98 Å². The molecule has 0 saturated heterocycles. The Morgan fingerprint density at radius 1 is 0.960 bits per heavy atom. The fourth-order valence-corrected chi connectivity index (χ4v) is 3.34. The zero-order valence-corrected chi connectivity index (χ0v) is 15.0. The van der Waals surface area contributed by atoms with E-state index in [0.717, 1.165) is 21.8 Å². The molecule has 4 nitrogen and oxygen atoms in total. The second-order valence-corrected chi connectivity index (χ2v) is 7.07. The summed E-state index contributed by atoms with van der Waals surface area (Å²) in [4.78, 5) is 9.12. The number of nitrogens with zero attached hydrogens (tertiary/aromatic N) is 3. The van der Waals surface area contributed by atoms with Gasteiger partial charge in [-0.15, -0.1) is 11.3 Å². The second-order valence-electron chi connectivity index (χ2n) is 5.69. The summed E-state index contributed by atoms with van der Waals surface area (Å²) in [7, 11) is 0. The first kappa shape index (κ1) is 16.0. The largest absolute Gasteiger partial charge is 0.339 e. The van der Waals surface area contributed by atoms with Crippen LogP contribution in [0.5, 0.6) is 0 Å². The van der Waals surface area contributed by atoms with Crippen molar-refractivity contribution in [1.82, 2.24) is 15.1 Å². The first-order chi connectivity index (χ1) is 12.2. The van der Waals surface area contributed by atoms with Crippen molar-refractivity contribution >= 4 is 22.9 Å². The molecule has 25 heavy (non-hydrogen) atoms. The van der Waals surface area contributed by atoms with E-state index in [1.807, 2.05) is 24.3 Å². The van der Waals surface area contributed by atoms with Crippen LogP contribution in [0.2, 0.25) is 5.02 Å². The van der Waals surface area contributed by atoms with Gasteiger partial charge in [-0.1, -0.05) is 46.6 Å². The summed E-state index contributed by atoms with van der Waals surface area (Å²) in [5.41, 5.74) is 4.19. The number of aromatic nitrogens is 3. The minimum Gasteiger partial charge on any atom is -0.339 e. The van der Waals surface area contributed by atoms with Crippen LogP contribution in [0.3, 0.4) is 0 Å². The third-order valence-electron chi connectivity index (χ3n) is 3.77. The van der Waals surface area contributed by atoms with Gasteiger partial charge in [-0.3, -0.25) is 0 Å². The van der Waals surface area contributed by atoms with Gasteiger partial charge in [0.05, 0.1) is 12.1 Å². The number of halogens is 1. The van der Waals surface area contributed by atoms with Crippen molar-refractivity contribution in [2.75, 3.05) is 0 Å². The lowest BCUT2D eigenvalue weighted by Gasteiger charge is -1.96. The maximum atomic E-state index is 5.90. The zero-order chi connectivity index (χ0) is 17.2. The molecule has 0 saturated carbocycles. The second kappa shape index (κ2) is 6.78. The minimum absolute atomic E-state index is 0.525. The highest BCUT2D eigenvalue weighted by atomic mass is 35.5. The summed E-state index contributed by atoms with van der Waals surface area (Å²) < 4.78 is 5.36. The fourth-order valence-electron chi connectivity index (χ4n) is 2.42. The van der Waals surface area contributed by atoms with Crippen LogP contribution < -0.4 is 0 Å². The molecule has 0 bridgehead atoms. The lowest BCUT2D eigenvalue weighted by Crippen LogP contribution is -1.88. The number of hydrogen-bond acceptors (Lipinski definition) is 5. The predicted molar refractivity (Wildman–Crippen MR) is 99.8 cm³/mol. The van der Waals surface area contributed by atoms with Gasteiger partial charge in [0.2, 0.25) is 11.7 Å². The maximum Gasteiger partial charge on any atom is 0.233 e. The quantitative estimate of drug-likeness (QED) is 0.483. The van der Waals surface area contributed by atoms with E-state index in [9.17, 15) is 0 Å². The molecule has 0 aliphatic rings. The first-order valence-corrected chi connectivity index (χ1v) is 9.03. The van der Waals surface area contributed by atoms with Gasteiger partial charge in [-0.2, -0.15) is 4.98 Å². The number of aryl methyl sites for hydroxylation is 1. The van der Waals surface area contributed by atoms with Crippen LogP contribution in [-0.4, -0.2) is 15.1 Å². The molecule has 2 heterocycles. The summed E-state index contributed by atoms with van der Waals surface area (Å²) in [6, 6.07) is 15.7. The summed E-state index contributed by atoms with van der Waals surface area (Å²) in [6.07, 6.45) is 0.525. The van der Waals surface area contributed by atoms with Crippen molar-refractivity contribution in [2.24, 2.45) is 0 Å². The van der Waals surface area contributed by atoms with E-state index in [1.54, 1.807) is 11.3 Å². The van der Waals surface area contributed by atoms with Gasteiger partial charge in [0.1, 0.15) is 5.01 Å². The number of thiazole rings is 1. The lowest BCUT2D eigenvalue weighted by atomic mass is 10.1. The molecule has 6 heteroatoms. The highest BCUT2D eigenvalue weighted by Gasteiger charge is 2.12. The minimum atomic E-state index is 0.525. The van der Waals surface area contributed by atoms with Crippen LogP contribution in [0.4, 0.5) is 0 Å². The topological polar surface area (TPSA) is 51.8 Å². The molecule has 2 aromatic carbocycles. The van der Waals surface area contributed by atoms with Crippen LogP contribution in [0.15, 0.2) is 58.4 Å². The fraction of sp³-hybridized carbons (Fsp3) is 0.105. The van der Waals surface area contributed by atoms with Crippen molar-refractivity contribution in [3.63, 3.8) is 0 Å². The molecule has 4 aromatic rings. The zero-order valence-electron chi connectivity index (χ0n) is 13.4. The molecular formula is C19H14ClN3OS. The van der Waals surface area contributed by atoms with E-state index < -0.39 is 0 Å². The molecule has 0 atom stereocenters. The molecule has 124 valence electrons. The highest BCUT2D eigenvalue weighted by Crippen LogP contribution is 2.24. The lowest BCUT2D eigenvalue weighted by molar-refractivity contribution is 0.385. The molecule has 0 amide bonds. The van der Waals surface area contributed by atoms with Crippen LogP contribution in [0.1, 0.15) is 16.5 Å². The average Bonchev–Trinajstić information content (AvgIpc) is 3.27. The van der Waals surface area contributed by atoms with Gasteiger partial charge >= 0.3 is 0 Å². The van der Waals surface area contributed by atoms with Crippen molar-refractivity contribution < 1.29 is 4.52 Å². The average molecular weight is 368 g/mol. The van der Waals surface area contributed by atoms with Crippen molar-refractivity contribution in [3.8, 4) is 22.6 Å². The molecule has 0 aliphatic heterocycles. The van der Waals surface area contributed by atoms with Gasteiger partial charge in [-0.05, 0) is 31.2 Å². The smallest absolute Gasteiger partial charge is 0.233 e. The Labute approximate surface area is 154 Å². The Kier molecular flexibility index (Phi) is 4.34. The first-order valence-electron chi connectivity index (χ1n) is 7.77. The monoisotopic (exact) mass is 367 g/mol. The van der Waals surface area contributed by atoms with Crippen molar-refractivity contribution in [3.05, 3.63) is 75.4 Å². The van der Waals surface area contributed by atoms with Gasteiger partial charge in [0.25, 0.3) is 0 Å². The van der Waals surface area contributed by atoms with E-state index in [-0.39, 0.29) is 0 Å². The van der Waals surface area contributed by atoms with Crippen molar-refractivity contribution in [1.29, 1.82) is 0 Å². The number of benzene rings is 2. The maximum absolute atomic E-state index is 5.90. The Morgan fingerprint density at radius 2 is 1.68 bits per heavy atom. The van der Waals surface area contributed by atoms with Crippen LogP contribution in [-0.2, 0) is 6.42 Å². The molecule has 0 unspecified atom stereocenters. The van der Waals surface area contributed by atoms with Crippen molar-refractivity contribution in [2.45, 2.75) is 13.3 Å². The van der Waals surface area contributed by atoms with Crippen LogP contribution >= 0.6 is 22.9 Å². The molecular weight excluding hydrogens is 354 g/mol. The van der Waals surface area contributed by atoms with E-state index in [2.05, 4.69) is 51.7 Å². The van der Waals surface area contributed by atoms with Gasteiger partial charge in [0.15, 0.2) is 0 Å². The normalized spacial score (nSPS) is 11.0. The van der Waals surface area contributed by atoms with E-state index in [0.29, 0.717) is 23.2 Å². The Morgan fingerprint density at radius 3 is 2.44 bits per heavy atom.